The first-order valence-electron chi connectivity index (χ1n) is 7.48. The summed E-state index contributed by atoms with van der Waals surface area (Å²) in [5.74, 6) is 0.857. The minimum atomic E-state index is -3.16. The van der Waals surface area contributed by atoms with Gasteiger partial charge in [-0.15, -0.1) is 11.8 Å². The molecule has 8 heteroatoms. The number of sulfonamides is 1. The van der Waals surface area contributed by atoms with E-state index in [4.69, 9.17) is 11.6 Å². The molecule has 0 radical (unpaired) electrons. The molecule has 0 atom stereocenters. The number of halogens is 1. The van der Waals surface area contributed by atoms with E-state index in [1.807, 2.05) is 4.90 Å². The first-order valence-corrected chi connectivity index (χ1v) is 10.7. The van der Waals surface area contributed by atoms with Crippen molar-refractivity contribution in [2.45, 2.75) is 17.7 Å². The van der Waals surface area contributed by atoms with Gasteiger partial charge in [0.25, 0.3) is 5.91 Å². The van der Waals surface area contributed by atoms with Crippen molar-refractivity contribution in [3.05, 3.63) is 34.9 Å². The molecule has 0 aliphatic carbocycles. The van der Waals surface area contributed by atoms with Crippen LogP contribution in [0.3, 0.4) is 0 Å². The maximum Gasteiger partial charge on any atom is 0.255 e. The molecule has 2 aliphatic heterocycles. The number of thioether (sulfide) groups is 1. The van der Waals surface area contributed by atoms with Crippen molar-refractivity contribution in [2.24, 2.45) is 0 Å². The fourth-order valence-corrected chi connectivity index (χ4v) is 5.75. The number of hydrogen-bond donors (Lipinski definition) is 0. The molecule has 0 N–H and O–H groups in total. The topological polar surface area (TPSA) is 57.7 Å². The van der Waals surface area contributed by atoms with E-state index >= 15 is 0 Å². The molecule has 0 saturated carbocycles. The molecule has 23 heavy (non-hydrogen) atoms. The van der Waals surface area contributed by atoms with Crippen molar-refractivity contribution in [3.8, 4) is 0 Å². The van der Waals surface area contributed by atoms with Crippen LogP contribution in [0.4, 0.5) is 0 Å². The lowest BCUT2D eigenvalue weighted by molar-refractivity contribution is 0.0605. The lowest BCUT2D eigenvalue weighted by Crippen LogP contribution is -2.53. The van der Waals surface area contributed by atoms with Gasteiger partial charge < -0.3 is 4.90 Å². The number of benzene rings is 1. The molecule has 2 heterocycles. The van der Waals surface area contributed by atoms with Gasteiger partial charge in [-0.3, -0.25) is 4.79 Å². The second-order valence-electron chi connectivity index (χ2n) is 5.92. The number of carbonyl (C=O) groups is 1. The van der Waals surface area contributed by atoms with Crippen molar-refractivity contribution in [1.82, 2.24) is 9.21 Å². The van der Waals surface area contributed by atoms with E-state index in [0.29, 0.717) is 43.1 Å². The Morgan fingerprint density at radius 2 is 1.96 bits per heavy atom. The predicted octanol–water partition coefficient (Wildman–Crippen LogP) is 2.28. The average molecular weight is 375 g/mol. The first-order chi connectivity index (χ1) is 10.8. The highest BCUT2D eigenvalue weighted by Crippen LogP contribution is 2.44. The smallest absolute Gasteiger partial charge is 0.255 e. The van der Waals surface area contributed by atoms with Crippen LogP contribution in [0, 0.1) is 0 Å². The van der Waals surface area contributed by atoms with Gasteiger partial charge in [-0.1, -0.05) is 17.7 Å². The summed E-state index contributed by atoms with van der Waals surface area (Å²) in [5.41, 5.74) is 0.588. The first kappa shape index (κ1) is 17.1. The van der Waals surface area contributed by atoms with Crippen LogP contribution in [0.25, 0.3) is 0 Å². The zero-order chi connectivity index (χ0) is 16.7. The number of hydrogen-bond acceptors (Lipinski definition) is 4. The van der Waals surface area contributed by atoms with Gasteiger partial charge in [-0.2, -0.15) is 0 Å². The average Bonchev–Trinajstić information content (AvgIpc) is 2.89. The lowest BCUT2D eigenvalue weighted by atomic mass is 10.0. The number of nitrogens with zero attached hydrogens (tertiary/aromatic N) is 2. The summed E-state index contributed by atoms with van der Waals surface area (Å²) in [7, 11) is -3.16. The van der Waals surface area contributed by atoms with Gasteiger partial charge >= 0.3 is 0 Å². The van der Waals surface area contributed by atoms with Gasteiger partial charge in [0.1, 0.15) is 0 Å². The van der Waals surface area contributed by atoms with Gasteiger partial charge in [0.2, 0.25) is 10.0 Å². The van der Waals surface area contributed by atoms with Crippen molar-refractivity contribution < 1.29 is 13.2 Å². The summed E-state index contributed by atoms with van der Waals surface area (Å²) in [6.07, 6.45) is 2.57. The number of carbonyl (C=O) groups excluding carboxylic acids is 1. The van der Waals surface area contributed by atoms with Crippen molar-refractivity contribution in [1.29, 1.82) is 0 Å². The van der Waals surface area contributed by atoms with Crippen LogP contribution in [0.5, 0.6) is 0 Å². The second-order valence-corrected chi connectivity index (χ2v) is 9.80. The summed E-state index contributed by atoms with van der Waals surface area (Å²) < 4.78 is 24.9. The Morgan fingerprint density at radius 3 is 2.57 bits per heavy atom. The summed E-state index contributed by atoms with van der Waals surface area (Å²) in [6, 6.07) is 6.98. The van der Waals surface area contributed by atoms with Crippen LogP contribution in [0.2, 0.25) is 5.02 Å². The fraction of sp³-hybridized carbons (Fsp3) is 0.533. The molecule has 2 fully saturated rings. The Balaban J connectivity index is 1.80. The fourth-order valence-electron chi connectivity index (χ4n) is 3.25. The third kappa shape index (κ3) is 3.38. The quantitative estimate of drug-likeness (QED) is 0.796. The van der Waals surface area contributed by atoms with Crippen LogP contribution >= 0.6 is 23.4 Å². The Morgan fingerprint density at radius 1 is 1.26 bits per heavy atom. The molecule has 1 aromatic rings. The predicted molar refractivity (Wildman–Crippen MR) is 93.3 cm³/mol. The molecule has 1 aromatic carbocycles. The van der Waals surface area contributed by atoms with Gasteiger partial charge in [-0.05, 0) is 31.0 Å². The largest absolute Gasteiger partial charge is 0.323 e. The van der Waals surface area contributed by atoms with E-state index in [1.54, 1.807) is 36.0 Å². The monoisotopic (exact) mass is 374 g/mol. The van der Waals surface area contributed by atoms with Gasteiger partial charge in [0.15, 0.2) is 0 Å². The number of piperidine rings is 1. The Bertz CT molecular complexity index is 715. The molecular formula is C15H19ClN2O3S2. The van der Waals surface area contributed by atoms with Gasteiger partial charge in [-0.25, -0.2) is 12.7 Å². The molecule has 1 spiro atoms. The molecule has 0 aromatic heterocycles. The van der Waals surface area contributed by atoms with Gasteiger partial charge in [0.05, 0.1) is 11.1 Å². The van der Waals surface area contributed by atoms with Crippen molar-refractivity contribution in [3.63, 3.8) is 0 Å². The van der Waals surface area contributed by atoms with Crippen molar-refractivity contribution in [2.75, 3.05) is 31.6 Å². The highest BCUT2D eigenvalue weighted by Gasteiger charge is 2.47. The molecule has 3 rings (SSSR count). The maximum atomic E-state index is 12.9. The molecule has 2 aliphatic rings. The molecule has 126 valence electrons. The summed E-state index contributed by atoms with van der Waals surface area (Å²) in [6.45, 7) is 1.62. The summed E-state index contributed by atoms with van der Waals surface area (Å²) in [5, 5.41) is 0.545. The molecule has 5 nitrogen and oxygen atoms in total. The third-order valence-electron chi connectivity index (χ3n) is 4.47. The molecule has 0 bridgehead atoms. The van der Waals surface area contributed by atoms with Crippen LogP contribution in [-0.2, 0) is 10.0 Å². The molecule has 1 amide bonds. The Labute approximate surface area is 146 Å². The van der Waals surface area contributed by atoms with Crippen LogP contribution in [0.1, 0.15) is 23.2 Å². The van der Waals surface area contributed by atoms with E-state index in [9.17, 15) is 13.2 Å². The van der Waals surface area contributed by atoms with Crippen molar-refractivity contribution >= 4 is 39.3 Å². The molecule has 2 saturated heterocycles. The zero-order valence-corrected chi connectivity index (χ0v) is 15.3. The van der Waals surface area contributed by atoms with E-state index < -0.39 is 10.0 Å². The van der Waals surface area contributed by atoms with Crippen LogP contribution in [-0.4, -0.2) is 60.0 Å². The number of amides is 1. The minimum absolute atomic E-state index is 0.0229. The molecule has 0 unspecified atom stereocenters. The third-order valence-corrected chi connectivity index (χ3v) is 7.56. The SMILES string of the molecule is CS(=O)(=O)N1CCC2(CC1)SCCN2C(=O)c1cccc(Cl)c1. The normalized spacial score (nSPS) is 21.7. The van der Waals surface area contributed by atoms with Crippen LogP contribution in [0.15, 0.2) is 24.3 Å². The molecular weight excluding hydrogens is 356 g/mol. The minimum Gasteiger partial charge on any atom is -0.323 e. The zero-order valence-electron chi connectivity index (χ0n) is 12.9. The lowest BCUT2D eigenvalue weighted by Gasteiger charge is -2.43. The van der Waals surface area contributed by atoms with Gasteiger partial charge in [0, 0.05) is 36.0 Å². The summed E-state index contributed by atoms with van der Waals surface area (Å²) in [4.78, 5) is 14.5. The van der Waals surface area contributed by atoms with E-state index in [2.05, 4.69) is 0 Å². The van der Waals surface area contributed by atoms with Crippen LogP contribution < -0.4 is 0 Å². The standard InChI is InChI=1S/C15H19ClN2O3S2/c1-23(20,21)17-7-5-15(6-8-17)18(9-10-22-15)14(19)12-3-2-4-13(16)11-12/h2-4,11H,5-10H2,1H3. The van der Waals surface area contributed by atoms with E-state index in [1.165, 1.54) is 10.6 Å². The number of rotatable bonds is 2. The Kier molecular flexibility index (Phi) is 4.66. The Hall–Kier alpha value is -0.760. The van der Waals surface area contributed by atoms with E-state index in [-0.39, 0.29) is 10.8 Å². The van der Waals surface area contributed by atoms with E-state index in [0.717, 1.165) is 5.75 Å². The second kappa shape index (κ2) is 6.27. The highest BCUT2D eigenvalue weighted by atomic mass is 35.5. The maximum absolute atomic E-state index is 12.9. The highest BCUT2D eigenvalue weighted by molar-refractivity contribution is 8.00. The summed E-state index contributed by atoms with van der Waals surface area (Å²) >= 11 is 7.76.